The molecule has 1 atom stereocenters. The SMILES string of the molecule is O=C1NCCCC1NC(=O)N1CCc2[nH]c3ccccc3c2C1. The van der Waals surface area contributed by atoms with Crippen LogP contribution in [0.2, 0.25) is 0 Å². The number of urea groups is 1. The Kier molecular flexibility index (Phi) is 3.44. The smallest absolute Gasteiger partial charge is 0.318 e. The third-order valence-electron chi connectivity index (χ3n) is 4.75. The quantitative estimate of drug-likeness (QED) is 0.746. The number of nitrogens with zero attached hydrogens (tertiary/aromatic N) is 1. The average molecular weight is 312 g/mol. The number of nitrogens with one attached hydrogen (secondary N) is 3. The molecule has 0 radical (unpaired) electrons. The van der Waals surface area contributed by atoms with E-state index in [1.54, 1.807) is 4.90 Å². The van der Waals surface area contributed by atoms with Crippen molar-refractivity contribution in [3.8, 4) is 0 Å². The Morgan fingerprint density at radius 2 is 2.17 bits per heavy atom. The third kappa shape index (κ3) is 2.54. The second-order valence-electron chi connectivity index (χ2n) is 6.23. The maximum atomic E-state index is 12.5. The first-order valence-electron chi connectivity index (χ1n) is 8.14. The summed E-state index contributed by atoms with van der Waals surface area (Å²) in [6.45, 7) is 1.95. The number of para-hydroxylation sites is 1. The zero-order valence-electron chi connectivity index (χ0n) is 12.9. The summed E-state index contributed by atoms with van der Waals surface area (Å²) in [5.74, 6) is -0.0746. The highest BCUT2D eigenvalue weighted by Crippen LogP contribution is 2.27. The maximum absolute atomic E-state index is 12.5. The molecule has 6 heteroatoms. The molecule has 0 spiro atoms. The van der Waals surface area contributed by atoms with E-state index in [-0.39, 0.29) is 11.9 Å². The molecule has 0 bridgehead atoms. The number of aromatic amines is 1. The number of amides is 3. The van der Waals surface area contributed by atoms with Crippen LogP contribution in [0.1, 0.15) is 24.1 Å². The molecule has 0 saturated carbocycles. The number of hydrogen-bond donors (Lipinski definition) is 3. The molecule has 2 aromatic rings. The topological polar surface area (TPSA) is 77.2 Å². The number of H-pyrrole nitrogens is 1. The fourth-order valence-electron chi connectivity index (χ4n) is 3.49. The molecular weight excluding hydrogens is 292 g/mol. The number of carbonyl (C=O) groups excluding carboxylic acids is 2. The summed E-state index contributed by atoms with van der Waals surface area (Å²) in [6.07, 6.45) is 2.43. The lowest BCUT2D eigenvalue weighted by Crippen LogP contribution is -2.54. The minimum absolute atomic E-state index is 0.0746. The Labute approximate surface area is 134 Å². The molecule has 4 rings (SSSR count). The van der Waals surface area contributed by atoms with Crippen LogP contribution in [-0.4, -0.2) is 41.0 Å². The largest absolute Gasteiger partial charge is 0.358 e. The lowest BCUT2D eigenvalue weighted by molar-refractivity contribution is -0.124. The van der Waals surface area contributed by atoms with Gasteiger partial charge in [-0.15, -0.1) is 0 Å². The van der Waals surface area contributed by atoms with Crippen LogP contribution in [0.25, 0.3) is 10.9 Å². The molecule has 1 saturated heterocycles. The van der Waals surface area contributed by atoms with Crippen molar-refractivity contribution in [3.63, 3.8) is 0 Å². The van der Waals surface area contributed by atoms with Gasteiger partial charge in [-0.05, 0) is 18.9 Å². The van der Waals surface area contributed by atoms with Crippen LogP contribution in [0, 0.1) is 0 Å². The predicted molar refractivity (Wildman–Crippen MR) is 87.0 cm³/mol. The number of hydrogen-bond acceptors (Lipinski definition) is 2. The van der Waals surface area contributed by atoms with Gasteiger partial charge in [-0.25, -0.2) is 4.79 Å². The number of aromatic nitrogens is 1. The van der Waals surface area contributed by atoms with Crippen molar-refractivity contribution < 1.29 is 9.59 Å². The van der Waals surface area contributed by atoms with E-state index in [4.69, 9.17) is 0 Å². The lowest BCUT2D eigenvalue weighted by Gasteiger charge is -2.30. The van der Waals surface area contributed by atoms with Gasteiger partial charge in [0.1, 0.15) is 6.04 Å². The van der Waals surface area contributed by atoms with Crippen molar-refractivity contribution in [2.75, 3.05) is 13.1 Å². The fourth-order valence-corrected chi connectivity index (χ4v) is 3.49. The van der Waals surface area contributed by atoms with E-state index in [1.807, 2.05) is 12.1 Å². The number of fused-ring (bicyclic) bond motifs is 3. The Balaban J connectivity index is 1.51. The van der Waals surface area contributed by atoms with Crippen molar-refractivity contribution in [1.29, 1.82) is 0 Å². The van der Waals surface area contributed by atoms with E-state index in [1.165, 1.54) is 16.6 Å². The van der Waals surface area contributed by atoms with Crippen LogP contribution < -0.4 is 10.6 Å². The molecule has 3 N–H and O–H groups in total. The van der Waals surface area contributed by atoms with Crippen molar-refractivity contribution in [3.05, 3.63) is 35.5 Å². The molecule has 1 aromatic carbocycles. The Morgan fingerprint density at radius 3 is 3.04 bits per heavy atom. The zero-order valence-corrected chi connectivity index (χ0v) is 12.9. The highest BCUT2D eigenvalue weighted by molar-refractivity contribution is 5.88. The van der Waals surface area contributed by atoms with E-state index in [9.17, 15) is 9.59 Å². The summed E-state index contributed by atoms with van der Waals surface area (Å²) in [4.78, 5) is 29.5. The average Bonchev–Trinajstić information content (AvgIpc) is 2.94. The normalized spacial score (nSPS) is 21.0. The number of rotatable bonds is 1. The summed E-state index contributed by atoms with van der Waals surface area (Å²) < 4.78 is 0. The van der Waals surface area contributed by atoms with Crippen LogP contribution >= 0.6 is 0 Å². The van der Waals surface area contributed by atoms with Gasteiger partial charge in [-0.1, -0.05) is 18.2 Å². The van der Waals surface area contributed by atoms with E-state index in [0.29, 0.717) is 26.1 Å². The number of carbonyl (C=O) groups is 2. The molecular formula is C17H20N4O2. The summed E-state index contributed by atoms with van der Waals surface area (Å²) >= 11 is 0. The molecule has 6 nitrogen and oxygen atoms in total. The van der Waals surface area contributed by atoms with Gasteiger partial charge in [0.15, 0.2) is 0 Å². The lowest BCUT2D eigenvalue weighted by atomic mass is 10.0. The highest BCUT2D eigenvalue weighted by atomic mass is 16.2. The Hall–Kier alpha value is -2.50. The van der Waals surface area contributed by atoms with Gasteiger partial charge in [0.05, 0.1) is 0 Å². The van der Waals surface area contributed by atoms with Crippen LogP contribution in [-0.2, 0) is 17.8 Å². The van der Waals surface area contributed by atoms with Gasteiger partial charge >= 0.3 is 6.03 Å². The fraction of sp³-hybridized carbons (Fsp3) is 0.412. The van der Waals surface area contributed by atoms with Gasteiger partial charge in [-0.2, -0.15) is 0 Å². The number of piperidine rings is 1. The molecule has 1 aromatic heterocycles. The molecule has 3 amide bonds. The molecule has 3 heterocycles. The van der Waals surface area contributed by atoms with Crippen molar-refractivity contribution in [2.24, 2.45) is 0 Å². The number of benzene rings is 1. The van der Waals surface area contributed by atoms with Gasteiger partial charge in [0, 0.05) is 48.2 Å². The Bertz CT molecular complexity index is 767. The predicted octanol–water partition coefficient (Wildman–Crippen LogP) is 1.51. The van der Waals surface area contributed by atoms with E-state index < -0.39 is 6.04 Å². The first kappa shape index (κ1) is 14.1. The van der Waals surface area contributed by atoms with Gasteiger partial charge in [0.2, 0.25) is 5.91 Å². The van der Waals surface area contributed by atoms with Gasteiger partial charge in [-0.3, -0.25) is 4.79 Å². The van der Waals surface area contributed by atoms with Gasteiger partial charge < -0.3 is 20.5 Å². The highest BCUT2D eigenvalue weighted by Gasteiger charge is 2.28. The molecule has 2 aliphatic rings. The maximum Gasteiger partial charge on any atom is 0.318 e. The van der Waals surface area contributed by atoms with Gasteiger partial charge in [0.25, 0.3) is 0 Å². The van der Waals surface area contributed by atoms with E-state index >= 15 is 0 Å². The van der Waals surface area contributed by atoms with Crippen molar-refractivity contribution in [1.82, 2.24) is 20.5 Å². The Morgan fingerprint density at radius 1 is 1.30 bits per heavy atom. The summed E-state index contributed by atoms with van der Waals surface area (Å²) in [5.41, 5.74) is 3.52. The summed E-state index contributed by atoms with van der Waals surface area (Å²) in [6, 6.07) is 7.62. The molecule has 1 fully saturated rings. The molecule has 1 unspecified atom stereocenters. The minimum atomic E-state index is -0.402. The molecule has 23 heavy (non-hydrogen) atoms. The monoisotopic (exact) mass is 312 g/mol. The molecule has 120 valence electrons. The first-order chi connectivity index (χ1) is 11.2. The molecule has 0 aliphatic carbocycles. The van der Waals surface area contributed by atoms with E-state index in [2.05, 4.69) is 27.8 Å². The first-order valence-corrected chi connectivity index (χ1v) is 8.14. The summed E-state index contributed by atoms with van der Waals surface area (Å²) in [5, 5.41) is 6.85. The van der Waals surface area contributed by atoms with E-state index in [0.717, 1.165) is 18.4 Å². The second kappa shape index (κ2) is 5.61. The standard InChI is InChI=1S/C17H20N4O2/c22-16-15(6-3-8-18-16)20-17(23)21-9-7-14-12(10-21)11-4-1-2-5-13(11)19-14/h1-2,4-5,15,19H,3,6-10H2,(H,18,22)(H,20,23). The second-order valence-corrected chi connectivity index (χ2v) is 6.23. The zero-order chi connectivity index (χ0) is 15.8. The minimum Gasteiger partial charge on any atom is -0.358 e. The van der Waals surface area contributed by atoms with Crippen LogP contribution in [0.5, 0.6) is 0 Å². The molecule has 2 aliphatic heterocycles. The van der Waals surface area contributed by atoms with Crippen molar-refractivity contribution >= 4 is 22.8 Å². The van der Waals surface area contributed by atoms with Crippen LogP contribution in [0.15, 0.2) is 24.3 Å². The van der Waals surface area contributed by atoms with Crippen molar-refractivity contribution in [2.45, 2.75) is 31.8 Å². The third-order valence-corrected chi connectivity index (χ3v) is 4.75. The van der Waals surface area contributed by atoms with Crippen LogP contribution in [0.3, 0.4) is 0 Å². The van der Waals surface area contributed by atoms with Crippen LogP contribution in [0.4, 0.5) is 4.79 Å². The summed E-state index contributed by atoms with van der Waals surface area (Å²) in [7, 11) is 0.